The number of amides is 4. The molecular weight excluding hydrogens is 432 g/mol. The van der Waals surface area contributed by atoms with Gasteiger partial charge >= 0.3 is 6.03 Å². The van der Waals surface area contributed by atoms with E-state index in [2.05, 4.69) is 10.2 Å². The number of piperazine rings is 1. The standard InChI is InChI=1S/C23H25ClN4O4/c1-32-13-3-8-28-21(29)19-7-6-17(15-20(19)22(28)30)25-23(31)27-11-9-26(10-12-27)18-5-2-4-16(24)14-18/h2,4-7,14-15H,3,8-13H2,1H3,(H,25,31). The smallest absolute Gasteiger partial charge is 0.321 e. The summed E-state index contributed by atoms with van der Waals surface area (Å²) in [5.74, 6) is -0.650. The number of ether oxygens (including phenoxy) is 1. The van der Waals surface area contributed by atoms with E-state index in [-0.39, 0.29) is 17.8 Å². The number of methoxy groups -OCH3 is 1. The van der Waals surface area contributed by atoms with E-state index >= 15 is 0 Å². The molecule has 1 fully saturated rings. The lowest BCUT2D eigenvalue weighted by atomic mass is 10.1. The Morgan fingerprint density at radius 2 is 1.78 bits per heavy atom. The Bertz CT molecular complexity index is 1040. The van der Waals surface area contributed by atoms with Gasteiger partial charge in [-0.05, 0) is 42.8 Å². The van der Waals surface area contributed by atoms with Crippen LogP contribution in [-0.2, 0) is 4.74 Å². The van der Waals surface area contributed by atoms with Gasteiger partial charge in [0, 0.05) is 62.8 Å². The Morgan fingerprint density at radius 3 is 2.50 bits per heavy atom. The van der Waals surface area contributed by atoms with E-state index in [9.17, 15) is 14.4 Å². The molecular formula is C23H25ClN4O4. The first-order valence-electron chi connectivity index (χ1n) is 10.5. The van der Waals surface area contributed by atoms with Crippen molar-refractivity contribution in [2.45, 2.75) is 6.42 Å². The van der Waals surface area contributed by atoms with Gasteiger partial charge in [-0.15, -0.1) is 0 Å². The summed E-state index contributed by atoms with van der Waals surface area (Å²) in [6, 6.07) is 12.3. The van der Waals surface area contributed by atoms with E-state index in [1.165, 1.54) is 4.90 Å². The van der Waals surface area contributed by atoms with Gasteiger partial charge in [0.05, 0.1) is 11.1 Å². The minimum Gasteiger partial charge on any atom is -0.385 e. The van der Waals surface area contributed by atoms with Gasteiger partial charge in [0.1, 0.15) is 0 Å². The number of urea groups is 1. The largest absolute Gasteiger partial charge is 0.385 e. The summed E-state index contributed by atoms with van der Waals surface area (Å²) in [7, 11) is 1.58. The molecule has 4 amide bonds. The number of hydrogen-bond acceptors (Lipinski definition) is 5. The molecule has 0 radical (unpaired) electrons. The summed E-state index contributed by atoms with van der Waals surface area (Å²) in [5.41, 5.74) is 2.21. The van der Waals surface area contributed by atoms with Crippen LogP contribution in [0.25, 0.3) is 0 Å². The molecule has 168 valence electrons. The zero-order valence-electron chi connectivity index (χ0n) is 17.8. The topological polar surface area (TPSA) is 82.2 Å². The molecule has 8 nitrogen and oxygen atoms in total. The summed E-state index contributed by atoms with van der Waals surface area (Å²) >= 11 is 6.08. The molecule has 0 saturated carbocycles. The van der Waals surface area contributed by atoms with Gasteiger partial charge in [-0.2, -0.15) is 0 Å². The van der Waals surface area contributed by atoms with E-state index in [1.54, 1.807) is 30.2 Å². The number of benzene rings is 2. The second-order valence-electron chi connectivity index (χ2n) is 7.75. The Hall–Kier alpha value is -3.10. The van der Waals surface area contributed by atoms with Crippen molar-refractivity contribution >= 4 is 40.8 Å². The van der Waals surface area contributed by atoms with Gasteiger partial charge in [0.15, 0.2) is 0 Å². The lowest BCUT2D eigenvalue weighted by Gasteiger charge is -2.36. The van der Waals surface area contributed by atoms with E-state index in [1.807, 2.05) is 24.3 Å². The van der Waals surface area contributed by atoms with Crippen LogP contribution in [0, 0.1) is 0 Å². The maximum Gasteiger partial charge on any atom is 0.321 e. The average Bonchev–Trinajstić information content (AvgIpc) is 3.03. The van der Waals surface area contributed by atoms with Gasteiger partial charge < -0.3 is 19.9 Å². The Kier molecular flexibility index (Phi) is 6.62. The molecule has 0 unspecified atom stereocenters. The second kappa shape index (κ2) is 9.58. The minimum atomic E-state index is -0.340. The Balaban J connectivity index is 1.36. The first kappa shape index (κ1) is 22.1. The highest BCUT2D eigenvalue weighted by Gasteiger charge is 2.35. The van der Waals surface area contributed by atoms with Crippen molar-refractivity contribution in [2.75, 3.05) is 56.7 Å². The zero-order chi connectivity index (χ0) is 22.7. The number of imide groups is 1. The van der Waals surface area contributed by atoms with Crippen LogP contribution in [0.1, 0.15) is 27.1 Å². The van der Waals surface area contributed by atoms with Crippen LogP contribution in [0.2, 0.25) is 5.02 Å². The molecule has 2 heterocycles. The third-order valence-corrected chi connectivity index (χ3v) is 5.93. The molecule has 2 aromatic carbocycles. The highest BCUT2D eigenvalue weighted by atomic mass is 35.5. The van der Waals surface area contributed by atoms with Crippen LogP contribution in [0.3, 0.4) is 0 Å². The van der Waals surface area contributed by atoms with Gasteiger partial charge in [0.2, 0.25) is 0 Å². The number of halogens is 1. The fourth-order valence-electron chi connectivity index (χ4n) is 3.98. The first-order chi connectivity index (χ1) is 15.5. The van der Waals surface area contributed by atoms with Crippen LogP contribution >= 0.6 is 11.6 Å². The monoisotopic (exact) mass is 456 g/mol. The predicted molar refractivity (Wildman–Crippen MR) is 123 cm³/mol. The summed E-state index contributed by atoms with van der Waals surface area (Å²) < 4.78 is 5.00. The third-order valence-electron chi connectivity index (χ3n) is 5.69. The number of nitrogens with one attached hydrogen (secondary N) is 1. The van der Waals surface area contributed by atoms with Crippen molar-refractivity contribution in [1.82, 2.24) is 9.80 Å². The average molecular weight is 457 g/mol. The number of nitrogens with zero attached hydrogens (tertiary/aromatic N) is 3. The summed E-state index contributed by atoms with van der Waals surface area (Å²) in [6.07, 6.45) is 0.576. The molecule has 0 bridgehead atoms. The molecule has 1 saturated heterocycles. The highest BCUT2D eigenvalue weighted by Crippen LogP contribution is 2.26. The predicted octanol–water partition coefficient (Wildman–Crippen LogP) is 3.33. The first-order valence-corrected chi connectivity index (χ1v) is 10.9. The lowest BCUT2D eigenvalue weighted by Crippen LogP contribution is -2.50. The zero-order valence-corrected chi connectivity index (χ0v) is 18.6. The van der Waals surface area contributed by atoms with Crippen LogP contribution in [0.4, 0.5) is 16.2 Å². The van der Waals surface area contributed by atoms with Gasteiger partial charge in [-0.1, -0.05) is 17.7 Å². The number of hydrogen-bond donors (Lipinski definition) is 1. The number of carbonyl (C=O) groups is 3. The molecule has 4 rings (SSSR count). The van der Waals surface area contributed by atoms with Crippen molar-refractivity contribution in [1.29, 1.82) is 0 Å². The fourth-order valence-corrected chi connectivity index (χ4v) is 4.17. The quantitative estimate of drug-likeness (QED) is 0.532. The molecule has 0 atom stereocenters. The van der Waals surface area contributed by atoms with Gasteiger partial charge in [0.25, 0.3) is 11.8 Å². The van der Waals surface area contributed by atoms with Crippen LogP contribution < -0.4 is 10.2 Å². The molecule has 2 aromatic rings. The molecule has 9 heteroatoms. The summed E-state index contributed by atoms with van der Waals surface area (Å²) in [4.78, 5) is 43.1. The number of carbonyl (C=O) groups excluding carboxylic acids is 3. The molecule has 0 aromatic heterocycles. The van der Waals surface area contributed by atoms with Crippen LogP contribution in [0.5, 0.6) is 0 Å². The van der Waals surface area contributed by atoms with Crippen molar-refractivity contribution in [2.24, 2.45) is 0 Å². The molecule has 2 aliphatic heterocycles. The van der Waals surface area contributed by atoms with Crippen LogP contribution in [-0.4, -0.2) is 74.1 Å². The van der Waals surface area contributed by atoms with E-state index < -0.39 is 0 Å². The SMILES string of the molecule is COCCCN1C(=O)c2ccc(NC(=O)N3CCN(c4cccc(Cl)c4)CC3)cc2C1=O. The molecule has 0 aliphatic carbocycles. The van der Waals surface area contributed by atoms with E-state index in [0.717, 1.165) is 5.69 Å². The number of anilines is 2. The normalized spacial score (nSPS) is 15.9. The fraction of sp³-hybridized carbons (Fsp3) is 0.348. The van der Waals surface area contributed by atoms with Gasteiger partial charge in [-0.3, -0.25) is 14.5 Å². The minimum absolute atomic E-state index is 0.232. The van der Waals surface area contributed by atoms with Crippen molar-refractivity contribution in [3.8, 4) is 0 Å². The maximum absolute atomic E-state index is 12.7. The molecule has 32 heavy (non-hydrogen) atoms. The van der Waals surface area contributed by atoms with Crippen molar-refractivity contribution in [3.63, 3.8) is 0 Å². The summed E-state index contributed by atoms with van der Waals surface area (Å²) in [5, 5.41) is 3.54. The summed E-state index contributed by atoms with van der Waals surface area (Å²) in [6.45, 7) is 3.29. The Morgan fingerprint density at radius 1 is 1.03 bits per heavy atom. The van der Waals surface area contributed by atoms with Crippen LogP contribution in [0.15, 0.2) is 42.5 Å². The molecule has 2 aliphatic rings. The van der Waals surface area contributed by atoms with Crippen molar-refractivity contribution in [3.05, 3.63) is 58.6 Å². The highest BCUT2D eigenvalue weighted by molar-refractivity contribution is 6.30. The Labute approximate surface area is 191 Å². The molecule has 0 spiro atoms. The molecule has 1 N–H and O–H groups in total. The number of rotatable bonds is 6. The van der Waals surface area contributed by atoms with Crippen molar-refractivity contribution < 1.29 is 19.1 Å². The second-order valence-corrected chi connectivity index (χ2v) is 8.19. The van der Waals surface area contributed by atoms with Gasteiger partial charge in [-0.25, -0.2) is 4.79 Å². The lowest BCUT2D eigenvalue weighted by molar-refractivity contribution is 0.0638. The van der Waals surface area contributed by atoms with E-state index in [0.29, 0.717) is 67.6 Å². The maximum atomic E-state index is 12.7. The number of fused-ring (bicyclic) bond motifs is 1. The van der Waals surface area contributed by atoms with E-state index in [4.69, 9.17) is 16.3 Å². The third kappa shape index (κ3) is 4.56.